The summed E-state index contributed by atoms with van der Waals surface area (Å²) in [6.45, 7) is 0. The van der Waals surface area contributed by atoms with Gasteiger partial charge in [-0.05, 0) is 37.0 Å². The Bertz CT molecular complexity index is 1030. The Labute approximate surface area is 179 Å². The minimum atomic E-state index is -0.544. The van der Waals surface area contributed by atoms with Crippen molar-refractivity contribution in [1.29, 1.82) is 0 Å². The number of rotatable bonds is 5. The lowest BCUT2D eigenvalue weighted by atomic mass is 9.90. The van der Waals surface area contributed by atoms with Crippen LogP contribution in [0.1, 0.15) is 30.4 Å². The molecule has 2 aliphatic rings. The first-order valence-electron chi connectivity index (χ1n) is 9.77. The van der Waals surface area contributed by atoms with Gasteiger partial charge in [-0.3, -0.25) is 9.59 Å². The van der Waals surface area contributed by atoms with Crippen molar-refractivity contribution in [3.8, 4) is 5.75 Å². The van der Waals surface area contributed by atoms with Gasteiger partial charge in [0.2, 0.25) is 11.8 Å². The van der Waals surface area contributed by atoms with Crippen LogP contribution >= 0.6 is 11.8 Å². The van der Waals surface area contributed by atoms with E-state index in [1.165, 1.54) is 17.3 Å². The molecule has 1 aliphatic carbocycles. The van der Waals surface area contributed by atoms with Crippen LogP contribution in [0.2, 0.25) is 0 Å². The minimum Gasteiger partial charge on any atom is -0.495 e. The van der Waals surface area contributed by atoms with Crippen LogP contribution in [0.3, 0.4) is 0 Å². The number of benzene rings is 2. The molecule has 1 unspecified atom stereocenters. The average Bonchev–Trinajstić information content (AvgIpc) is 3.11. The van der Waals surface area contributed by atoms with Crippen molar-refractivity contribution < 1.29 is 14.3 Å². The van der Waals surface area contributed by atoms with Gasteiger partial charge in [0, 0.05) is 12.0 Å². The van der Waals surface area contributed by atoms with Crippen molar-refractivity contribution in [2.45, 2.75) is 30.9 Å². The fourth-order valence-electron chi connectivity index (χ4n) is 3.51. The van der Waals surface area contributed by atoms with Crippen LogP contribution in [0.4, 0.5) is 5.69 Å². The summed E-state index contributed by atoms with van der Waals surface area (Å²) in [7, 11) is 1.54. The number of amides is 2. The summed E-state index contributed by atoms with van der Waals surface area (Å²) in [5.41, 5.74) is 3.90. The van der Waals surface area contributed by atoms with E-state index in [1.54, 1.807) is 19.2 Å². The minimum absolute atomic E-state index is 0.0347. The third-order valence-electron chi connectivity index (χ3n) is 4.98. The number of para-hydroxylation sites is 2. The lowest BCUT2D eigenvalue weighted by Crippen LogP contribution is -2.28. The van der Waals surface area contributed by atoms with E-state index in [1.807, 2.05) is 24.3 Å². The Hall–Kier alpha value is -3.13. The van der Waals surface area contributed by atoms with Gasteiger partial charge >= 0.3 is 0 Å². The van der Waals surface area contributed by atoms with Gasteiger partial charge in [-0.2, -0.15) is 5.10 Å². The quantitative estimate of drug-likeness (QED) is 0.723. The summed E-state index contributed by atoms with van der Waals surface area (Å²) < 4.78 is 5.24. The zero-order valence-corrected chi connectivity index (χ0v) is 17.4. The van der Waals surface area contributed by atoms with Crippen LogP contribution in [0.25, 0.3) is 0 Å². The number of aryl methyl sites for hydroxylation is 1. The third-order valence-corrected chi connectivity index (χ3v) is 6.05. The molecule has 2 amide bonds. The van der Waals surface area contributed by atoms with Crippen molar-refractivity contribution >= 4 is 40.1 Å². The SMILES string of the molecule is COc1ccccc1NC(=O)CC1SC(=N/N=C2\CCCc3ccccc32)NC1=O. The molecule has 1 heterocycles. The van der Waals surface area contributed by atoms with Crippen LogP contribution in [0.5, 0.6) is 5.75 Å². The number of carbonyl (C=O) groups is 2. The van der Waals surface area contributed by atoms with Gasteiger partial charge < -0.3 is 15.4 Å². The van der Waals surface area contributed by atoms with E-state index in [-0.39, 0.29) is 18.2 Å². The maximum atomic E-state index is 12.4. The molecule has 0 spiro atoms. The first-order chi connectivity index (χ1) is 14.6. The molecule has 0 aromatic heterocycles. The summed E-state index contributed by atoms with van der Waals surface area (Å²) in [4.78, 5) is 24.7. The largest absolute Gasteiger partial charge is 0.495 e. The van der Waals surface area contributed by atoms with E-state index >= 15 is 0 Å². The predicted octanol–water partition coefficient (Wildman–Crippen LogP) is 3.35. The highest BCUT2D eigenvalue weighted by Crippen LogP contribution is 2.27. The zero-order chi connectivity index (χ0) is 20.9. The number of amidine groups is 1. The molecule has 1 atom stereocenters. The summed E-state index contributed by atoms with van der Waals surface area (Å²) in [6.07, 6.45) is 2.97. The molecule has 7 nitrogen and oxygen atoms in total. The van der Waals surface area contributed by atoms with E-state index in [4.69, 9.17) is 4.74 Å². The molecule has 30 heavy (non-hydrogen) atoms. The molecule has 0 bridgehead atoms. The Morgan fingerprint density at radius 1 is 1.17 bits per heavy atom. The van der Waals surface area contributed by atoms with Crippen LogP contribution in [-0.2, 0) is 16.0 Å². The second-order valence-corrected chi connectivity index (χ2v) is 8.20. The number of anilines is 1. The first-order valence-corrected chi connectivity index (χ1v) is 10.6. The summed E-state index contributed by atoms with van der Waals surface area (Å²) >= 11 is 1.23. The van der Waals surface area contributed by atoms with Gasteiger partial charge in [0.1, 0.15) is 11.0 Å². The van der Waals surface area contributed by atoms with Gasteiger partial charge in [0.05, 0.1) is 18.5 Å². The summed E-state index contributed by atoms with van der Waals surface area (Å²) in [6, 6.07) is 15.3. The van der Waals surface area contributed by atoms with Gasteiger partial charge in [0.15, 0.2) is 5.17 Å². The van der Waals surface area contributed by atoms with E-state index < -0.39 is 5.25 Å². The molecule has 2 aromatic carbocycles. The van der Waals surface area contributed by atoms with Crippen LogP contribution in [0, 0.1) is 0 Å². The molecular weight excluding hydrogens is 400 g/mol. The molecule has 0 saturated carbocycles. The van der Waals surface area contributed by atoms with Crippen LogP contribution in [-0.4, -0.2) is 35.1 Å². The van der Waals surface area contributed by atoms with Crippen molar-refractivity contribution in [2.75, 3.05) is 12.4 Å². The van der Waals surface area contributed by atoms with Crippen molar-refractivity contribution in [1.82, 2.24) is 5.32 Å². The van der Waals surface area contributed by atoms with E-state index in [0.717, 1.165) is 30.5 Å². The van der Waals surface area contributed by atoms with E-state index in [0.29, 0.717) is 16.6 Å². The summed E-state index contributed by atoms with van der Waals surface area (Å²) in [5.74, 6) is 0.0688. The highest BCUT2D eigenvalue weighted by Gasteiger charge is 2.32. The molecular formula is C22H22N4O3S. The van der Waals surface area contributed by atoms with Crippen LogP contribution in [0.15, 0.2) is 58.7 Å². The number of hydrogen-bond donors (Lipinski definition) is 2. The molecule has 8 heteroatoms. The topological polar surface area (TPSA) is 92.2 Å². The maximum absolute atomic E-state index is 12.4. The standard InChI is InChI=1S/C22H22N4O3S/c1-29-18-12-5-4-10-17(18)23-20(27)13-19-21(28)24-22(30-19)26-25-16-11-6-8-14-7-2-3-9-15(14)16/h2-5,7,9-10,12,19H,6,8,11,13H2,1H3,(H,23,27)(H,24,26,28)/b25-16+. The van der Waals surface area contributed by atoms with Gasteiger partial charge in [-0.25, -0.2) is 0 Å². The maximum Gasteiger partial charge on any atom is 0.240 e. The molecule has 1 fully saturated rings. The third kappa shape index (κ3) is 4.54. The molecule has 2 N–H and O–H groups in total. The average molecular weight is 423 g/mol. The highest BCUT2D eigenvalue weighted by atomic mass is 32.2. The first kappa shape index (κ1) is 20.2. The van der Waals surface area contributed by atoms with Crippen molar-refractivity contribution in [2.24, 2.45) is 10.2 Å². The number of nitrogens with zero attached hydrogens (tertiary/aromatic N) is 2. The summed E-state index contributed by atoms with van der Waals surface area (Å²) in [5, 5.41) is 14.0. The zero-order valence-electron chi connectivity index (χ0n) is 16.6. The normalized spacial score (nSPS) is 20.7. The van der Waals surface area contributed by atoms with Gasteiger partial charge in [0.25, 0.3) is 0 Å². The number of carbonyl (C=O) groups excluding carboxylic acids is 2. The van der Waals surface area contributed by atoms with E-state index in [9.17, 15) is 9.59 Å². The monoisotopic (exact) mass is 422 g/mol. The van der Waals surface area contributed by atoms with Gasteiger partial charge in [-0.15, -0.1) is 5.10 Å². The lowest BCUT2D eigenvalue weighted by molar-refractivity contribution is -0.122. The highest BCUT2D eigenvalue weighted by molar-refractivity contribution is 8.15. The Morgan fingerprint density at radius 3 is 2.83 bits per heavy atom. The van der Waals surface area contributed by atoms with Gasteiger partial charge in [-0.1, -0.05) is 48.2 Å². The fourth-order valence-corrected chi connectivity index (χ4v) is 4.43. The second kappa shape index (κ2) is 9.13. The Balaban J connectivity index is 1.40. The van der Waals surface area contributed by atoms with E-state index in [2.05, 4.69) is 33.0 Å². The van der Waals surface area contributed by atoms with Crippen molar-refractivity contribution in [3.05, 3.63) is 59.7 Å². The Morgan fingerprint density at radius 2 is 1.97 bits per heavy atom. The lowest BCUT2D eigenvalue weighted by Gasteiger charge is -2.16. The number of ether oxygens (including phenoxy) is 1. The molecule has 1 saturated heterocycles. The molecule has 2 aromatic rings. The number of thioether (sulfide) groups is 1. The number of hydrogen-bond acceptors (Lipinski definition) is 6. The Kier molecular flexibility index (Phi) is 6.13. The second-order valence-electron chi connectivity index (χ2n) is 7.01. The van der Waals surface area contributed by atoms with Crippen molar-refractivity contribution in [3.63, 3.8) is 0 Å². The molecule has 0 radical (unpaired) electrons. The molecule has 1 aliphatic heterocycles. The molecule has 4 rings (SSSR count). The number of methoxy groups -OCH3 is 1. The fraction of sp³-hybridized carbons (Fsp3) is 0.273. The number of fused-ring (bicyclic) bond motifs is 1. The molecule has 154 valence electrons. The smallest absolute Gasteiger partial charge is 0.240 e. The van der Waals surface area contributed by atoms with Crippen LogP contribution < -0.4 is 15.4 Å². The predicted molar refractivity (Wildman–Crippen MR) is 119 cm³/mol. The number of nitrogens with one attached hydrogen (secondary N) is 2.